The van der Waals surface area contributed by atoms with E-state index in [2.05, 4.69) is 22.5 Å². The first kappa shape index (κ1) is 23.3. The van der Waals surface area contributed by atoms with Gasteiger partial charge < -0.3 is 14.2 Å². The summed E-state index contributed by atoms with van der Waals surface area (Å²) in [5, 5.41) is 1.01. The number of carbonyl (C=O) groups is 1. The maximum absolute atomic E-state index is 12.7. The van der Waals surface area contributed by atoms with Crippen molar-refractivity contribution < 1.29 is 19.0 Å². The van der Waals surface area contributed by atoms with Crippen LogP contribution in [-0.4, -0.2) is 54.8 Å². The van der Waals surface area contributed by atoms with Crippen LogP contribution in [0.25, 0.3) is 10.9 Å². The van der Waals surface area contributed by atoms with Gasteiger partial charge in [-0.2, -0.15) is 0 Å². The molecule has 2 bridgehead atoms. The molecular weight excluding hydrogens is 428 g/mol. The smallest absolute Gasteiger partial charge is 0.332 e. The number of pyridine rings is 1. The van der Waals surface area contributed by atoms with Crippen LogP contribution in [0.15, 0.2) is 43.1 Å². The van der Waals surface area contributed by atoms with Gasteiger partial charge in [-0.3, -0.25) is 9.88 Å². The average molecular weight is 465 g/mol. The molecule has 3 saturated heterocycles. The van der Waals surface area contributed by atoms with Crippen LogP contribution in [0.4, 0.5) is 0 Å². The summed E-state index contributed by atoms with van der Waals surface area (Å²) in [6.07, 6.45) is 11.4. The zero-order chi connectivity index (χ0) is 23.5. The third-order valence-electron chi connectivity index (χ3n) is 8.02. The van der Waals surface area contributed by atoms with E-state index >= 15 is 0 Å². The summed E-state index contributed by atoms with van der Waals surface area (Å²) in [6, 6.07) is 8.17. The van der Waals surface area contributed by atoms with Crippen LogP contribution in [0.1, 0.15) is 56.6 Å². The molecule has 4 fully saturated rings. The molecule has 6 rings (SSSR count). The molecule has 1 aromatic carbocycles. The Balaban J connectivity index is 1.41. The Morgan fingerprint density at radius 1 is 1.24 bits per heavy atom. The molecule has 0 spiro atoms. The molecule has 2 aromatic rings. The van der Waals surface area contributed by atoms with Gasteiger partial charge in [0.1, 0.15) is 18.5 Å². The van der Waals surface area contributed by atoms with Crippen LogP contribution in [0.5, 0.6) is 5.75 Å². The zero-order valence-electron chi connectivity index (χ0n) is 20.2. The Bertz CT molecular complexity index is 1020. The van der Waals surface area contributed by atoms with Gasteiger partial charge in [-0.15, -0.1) is 6.58 Å². The summed E-state index contributed by atoms with van der Waals surface area (Å²) >= 11 is 0. The number of hydrogen-bond donors (Lipinski definition) is 0. The number of carbonyl (C=O) groups excluding carboxylic acids is 1. The predicted octanol–water partition coefficient (Wildman–Crippen LogP) is 5.07. The Morgan fingerprint density at radius 3 is 2.82 bits per heavy atom. The average Bonchev–Trinajstić information content (AvgIpc) is 2.89. The van der Waals surface area contributed by atoms with Gasteiger partial charge in [0.15, 0.2) is 0 Å². The van der Waals surface area contributed by atoms with Gasteiger partial charge in [-0.25, -0.2) is 4.79 Å². The van der Waals surface area contributed by atoms with E-state index < -0.39 is 0 Å². The largest absolute Gasteiger partial charge is 0.497 e. The minimum absolute atomic E-state index is 0.0329. The monoisotopic (exact) mass is 464 g/mol. The van der Waals surface area contributed by atoms with E-state index in [0.717, 1.165) is 67.4 Å². The van der Waals surface area contributed by atoms with Crippen molar-refractivity contribution in [2.75, 3.05) is 26.8 Å². The Kier molecular flexibility index (Phi) is 7.16. The lowest BCUT2D eigenvalue weighted by Gasteiger charge is -2.51. The molecule has 6 heteroatoms. The highest BCUT2D eigenvalue weighted by atomic mass is 16.6. The van der Waals surface area contributed by atoms with Crippen LogP contribution < -0.4 is 4.74 Å². The first-order valence-corrected chi connectivity index (χ1v) is 12.8. The van der Waals surface area contributed by atoms with Crippen LogP contribution in [0, 0.1) is 11.8 Å². The van der Waals surface area contributed by atoms with Crippen molar-refractivity contribution in [1.29, 1.82) is 0 Å². The summed E-state index contributed by atoms with van der Waals surface area (Å²) in [4.78, 5) is 19.8. The van der Waals surface area contributed by atoms with Crippen molar-refractivity contribution in [3.63, 3.8) is 0 Å². The molecule has 1 aliphatic carbocycles. The molecule has 4 heterocycles. The van der Waals surface area contributed by atoms with Gasteiger partial charge in [0.25, 0.3) is 0 Å². The summed E-state index contributed by atoms with van der Waals surface area (Å²) < 4.78 is 17.7. The van der Waals surface area contributed by atoms with Crippen LogP contribution in [-0.2, 0) is 14.3 Å². The van der Waals surface area contributed by atoms with E-state index in [1.807, 2.05) is 30.5 Å². The topological polar surface area (TPSA) is 60.9 Å². The number of nitrogens with zero attached hydrogens (tertiary/aromatic N) is 2. The van der Waals surface area contributed by atoms with Crippen LogP contribution >= 0.6 is 0 Å². The molecule has 1 aromatic heterocycles. The second-order valence-electron chi connectivity index (χ2n) is 10.0. The minimum Gasteiger partial charge on any atom is -0.497 e. The van der Waals surface area contributed by atoms with Crippen molar-refractivity contribution in [2.24, 2.45) is 11.8 Å². The summed E-state index contributed by atoms with van der Waals surface area (Å²) in [6.45, 7) is 6.08. The van der Waals surface area contributed by atoms with Crippen molar-refractivity contribution in [3.8, 4) is 5.75 Å². The first-order chi connectivity index (χ1) is 16.7. The molecule has 0 amide bonds. The zero-order valence-corrected chi connectivity index (χ0v) is 20.2. The van der Waals surface area contributed by atoms with Crippen molar-refractivity contribution in [1.82, 2.24) is 9.88 Å². The van der Waals surface area contributed by atoms with Crippen molar-refractivity contribution in [2.45, 2.75) is 63.2 Å². The molecule has 6 nitrogen and oxygen atoms in total. The molecule has 0 N–H and O–H groups in total. The normalized spacial score (nSPS) is 27.9. The molecule has 1 saturated carbocycles. The third-order valence-corrected chi connectivity index (χ3v) is 8.02. The standard InChI is InChI=1S/C28H36N2O4/c1-3-19-17-30-14-12-20(19)15-26(30)28(33-18-27(31)34-21-7-5-4-6-8-21)23-11-13-29-25-10-9-22(32-2)16-24(23)25/h3,9-11,13,16,19-21,26,28H,1,4-8,12,14-15,17-18H2,2H3/t19?,20?,26?,28-/m0/s1. The van der Waals surface area contributed by atoms with Gasteiger partial charge in [-0.1, -0.05) is 12.5 Å². The van der Waals surface area contributed by atoms with Gasteiger partial charge in [0.05, 0.1) is 18.7 Å². The molecule has 0 radical (unpaired) electrons. The second kappa shape index (κ2) is 10.4. The van der Waals surface area contributed by atoms with Gasteiger partial charge >= 0.3 is 5.97 Å². The molecule has 5 atom stereocenters. The summed E-state index contributed by atoms with van der Waals surface area (Å²) in [5.74, 6) is 1.66. The number of ether oxygens (including phenoxy) is 3. The number of aromatic nitrogens is 1. The fourth-order valence-corrected chi connectivity index (χ4v) is 6.18. The highest BCUT2D eigenvalue weighted by Gasteiger charge is 2.43. The third kappa shape index (κ3) is 4.84. The maximum atomic E-state index is 12.7. The lowest BCUT2D eigenvalue weighted by molar-refractivity contribution is -0.161. The van der Waals surface area contributed by atoms with E-state index in [4.69, 9.17) is 14.2 Å². The summed E-state index contributed by atoms with van der Waals surface area (Å²) in [7, 11) is 1.67. The molecule has 34 heavy (non-hydrogen) atoms. The number of piperidine rings is 3. The summed E-state index contributed by atoms with van der Waals surface area (Å²) in [5.41, 5.74) is 1.96. The van der Waals surface area contributed by atoms with Crippen LogP contribution in [0.3, 0.4) is 0 Å². The predicted molar refractivity (Wildman–Crippen MR) is 132 cm³/mol. The number of fused-ring (bicyclic) bond motifs is 4. The quantitative estimate of drug-likeness (QED) is 0.401. The van der Waals surface area contributed by atoms with E-state index in [-0.39, 0.29) is 30.8 Å². The van der Waals surface area contributed by atoms with Gasteiger partial charge in [-0.05, 0) is 86.7 Å². The lowest BCUT2D eigenvalue weighted by Crippen LogP contribution is -2.55. The highest BCUT2D eigenvalue weighted by molar-refractivity contribution is 5.84. The molecular formula is C28H36N2O4. The molecule has 3 aliphatic heterocycles. The molecule has 182 valence electrons. The van der Waals surface area contributed by atoms with Crippen LogP contribution in [0.2, 0.25) is 0 Å². The van der Waals surface area contributed by atoms with E-state index in [1.165, 1.54) is 12.8 Å². The molecule has 4 unspecified atom stereocenters. The van der Waals surface area contributed by atoms with Gasteiger partial charge in [0, 0.05) is 24.2 Å². The Morgan fingerprint density at radius 2 is 2.09 bits per heavy atom. The molecule has 4 aliphatic rings. The highest BCUT2D eigenvalue weighted by Crippen LogP contribution is 2.43. The maximum Gasteiger partial charge on any atom is 0.332 e. The van der Waals surface area contributed by atoms with E-state index in [9.17, 15) is 4.79 Å². The van der Waals surface area contributed by atoms with Crippen molar-refractivity contribution >= 4 is 16.9 Å². The number of rotatable bonds is 8. The van der Waals surface area contributed by atoms with Gasteiger partial charge in [0.2, 0.25) is 0 Å². The number of benzene rings is 1. The fourth-order valence-electron chi connectivity index (χ4n) is 6.18. The fraction of sp³-hybridized carbons (Fsp3) is 0.571. The Hall–Kier alpha value is -2.44. The SMILES string of the molecule is C=CC1CN2CCC1CC2[C@@H](OCC(=O)OC1CCCCC1)c1ccnc2ccc(OC)cc12. The number of esters is 1. The first-order valence-electron chi connectivity index (χ1n) is 12.8. The lowest BCUT2D eigenvalue weighted by atomic mass is 9.73. The minimum atomic E-state index is -0.257. The Labute approximate surface area is 202 Å². The van der Waals surface area contributed by atoms with E-state index in [1.54, 1.807) is 7.11 Å². The second-order valence-corrected chi connectivity index (χ2v) is 10.0. The van der Waals surface area contributed by atoms with Crippen molar-refractivity contribution in [3.05, 3.63) is 48.7 Å². The van der Waals surface area contributed by atoms with E-state index in [0.29, 0.717) is 11.8 Å². The number of hydrogen-bond acceptors (Lipinski definition) is 6. The number of methoxy groups -OCH3 is 1.